The van der Waals surface area contributed by atoms with Crippen LogP contribution in [0.25, 0.3) is 0 Å². The number of para-hydroxylation sites is 1. The van der Waals surface area contributed by atoms with Crippen LogP contribution in [0.4, 0.5) is 17.1 Å². The van der Waals surface area contributed by atoms with Gasteiger partial charge in [0.25, 0.3) is 5.69 Å². The molecule has 2 heterocycles. The number of carbonyl (C=O) groups excluding carboxylic acids is 1. The Balaban J connectivity index is 1.60. The van der Waals surface area contributed by atoms with E-state index in [9.17, 15) is 14.9 Å². The van der Waals surface area contributed by atoms with E-state index >= 15 is 0 Å². The Morgan fingerprint density at radius 1 is 0.864 bits per heavy atom. The highest BCUT2D eigenvalue weighted by molar-refractivity contribution is 8.16. The van der Waals surface area contributed by atoms with E-state index in [0.29, 0.717) is 5.69 Å². The van der Waals surface area contributed by atoms with Gasteiger partial charge in [-0.1, -0.05) is 87.5 Å². The number of hydrogen-bond donors (Lipinski definition) is 0. The van der Waals surface area contributed by atoms with E-state index in [1.54, 1.807) is 24.1 Å². The minimum Gasteiger partial charge on any atom is -0.461 e. The van der Waals surface area contributed by atoms with E-state index in [-0.39, 0.29) is 22.8 Å². The van der Waals surface area contributed by atoms with Crippen molar-refractivity contribution in [1.82, 2.24) is 0 Å². The quantitative estimate of drug-likeness (QED) is 0.128. The lowest BCUT2D eigenvalue weighted by molar-refractivity contribution is -0.384. The van der Waals surface area contributed by atoms with Crippen molar-refractivity contribution in [3.05, 3.63) is 135 Å². The zero-order valence-electron chi connectivity index (χ0n) is 24.8. The molecule has 0 fully saturated rings. The number of nitro groups is 1. The minimum atomic E-state index is -1.20. The summed E-state index contributed by atoms with van der Waals surface area (Å²) in [7, 11) is 0. The van der Waals surface area contributed by atoms with Crippen LogP contribution in [0.3, 0.4) is 0 Å². The number of rotatable bonds is 6. The van der Waals surface area contributed by atoms with Crippen LogP contribution in [0, 0.1) is 10.1 Å². The Labute approximate surface area is 260 Å². The lowest BCUT2D eigenvalue weighted by Gasteiger charge is -2.47. The summed E-state index contributed by atoms with van der Waals surface area (Å²) in [5.74, 6) is -0.556. The third kappa shape index (κ3) is 5.01. The van der Waals surface area contributed by atoms with E-state index in [4.69, 9.17) is 14.9 Å². The predicted molar refractivity (Wildman–Crippen MR) is 175 cm³/mol. The van der Waals surface area contributed by atoms with Gasteiger partial charge in [-0.25, -0.2) is 14.8 Å². The highest BCUT2D eigenvalue weighted by Crippen LogP contribution is 2.55. The van der Waals surface area contributed by atoms with Gasteiger partial charge in [0.05, 0.1) is 28.6 Å². The molecule has 9 nitrogen and oxygen atoms in total. The first-order valence-electron chi connectivity index (χ1n) is 14.3. The van der Waals surface area contributed by atoms with Crippen LogP contribution in [0.2, 0.25) is 0 Å². The maximum absolute atomic E-state index is 13.2. The Morgan fingerprint density at radius 3 is 2.11 bits per heavy atom. The molecule has 10 heteroatoms. The summed E-state index contributed by atoms with van der Waals surface area (Å²) in [4.78, 5) is 23.0. The number of ether oxygens (including phenoxy) is 1. The van der Waals surface area contributed by atoms with Gasteiger partial charge in [0.2, 0.25) is 10.0 Å². The van der Waals surface area contributed by atoms with Crippen LogP contribution >= 0.6 is 11.8 Å². The fourth-order valence-corrected chi connectivity index (χ4v) is 6.62. The zero-order valence-corrected chi connectivity index (χ0v) is 25.6. The van der Waals surface area contributed by atoms with E-state index in [1.165, 1.54) is 29.5 Å². The maximum Gasteiger partial charge on any atom is 0.365 e. The lowest BCUT2D eigenvalue weighted by Crippen LogP contribution is -2.54. The number of anilines is 2. The van der Waals surface area contributed by atoms with Crippen molar-refractivity contribution in [1.29, 1.82) is 0 Å². The molecular formula is C34H31N5O4S. The van der Waals surface area contributed by atoms with E-state index in [2.05, 4.69) is 45.0 Å². The second-order valence-electron chi connectivity index (χ2n) is 11.4. The second kappa shape index (κ2) is 11.3. The van der Waals surface area contributed by atoms with Crippen molar-refractivity contribution in [2.24, 2.45) is 10.2 Å². The maximum atomic E-state index is 13.2. The summed E-state index contributed by atoms with van der Waals surface area (Å²) in [6.07, 6.45) is 0. The van der Waals surface area contributed by atoms with Crippen LogP contribution in [-0.4, -0.2) is 28.3 Å². The van der Waals surface area contributed by atoms with Gasteiger partial charge in [0.15, 0.2) is 0 Å². The van der Waals surface area contributed by atoms with E-state index < -0.39 is 15.9 Å². The molecule has 0 saturated carbocycles. The van der Waals surface area contributed by atoms with Gasteiger partial charge in [-0.2, -0.15) is 10.2 Å². The number of benzene rings is 4. The smallest absolute Gasteiger partial charge is 0.365 e. The molecule has 1 spiro atoms. The molecule has 44 heavy (non-hydrogen) atoms. The fourth-order valence-electron chi connectivity index (χ4n) is 5.34. The number of fused-ring (bicyclic) bond motifs is 2. The van der Waals surface area contributed by atoms with Crippen molar-refractivity contribution >= 4 is 45.5 Å². The average Bonchev–Trinajstić information content (AvgIpc) is 3.43. The Kier molecular flexibility index (Phi) is 7.46. The number of carbonyl (C=O) groups is 1. The van der Waals surface area contributed by atoms with Gasteiger partial charge in [-0.3, -0.25) is 10.1 Å². The topological polar surface area (TPSA) is 101 Å². The van der Waals surface area contributed by atoms with Crippen molar-refractivity contribution in [2.75, 3.05) is 16.6 Å². The average molecular weight is 606 g/mol. The van der Waals surface area contributed by atoms with Crippen molar-refractivity contribution in [3.8, 4) is 0 Å². The van der Waals surface area contributed by atoms with Crippen molar-refractivity contribution < 1.29 is 14.5 Å². The second-order valence-corrected chi connectivity index (χ2v) is 12.6. The SMILES string of the molecule is CCOC(=O)C1=NN(c2ccc([N+](=O)[O-])cc2)C2(S1)c1ccccc1C(c1ccc(C(C)(C)C)cc1)=NN2c1ccccc1. The summed E-state index contributed by atoms with van der Waals surface area (Å²) >= 11 is 1.23. The van der Waals surface area contributed by atoms with E-state index in [1.807, 2.05) is 59.6 Å². The molecule has 1 unspecified atom stereocenters. The van der Waals surface area contributed by atoms with E-state index in [0.717, 1.165) is 28.1 Å². The first kappa shape index (κ1) is 29.1. The Hall–Kier alpha value is -4.96. The third-order valence-electron chi connectivity index (χ3n) is 7.52. The number of nitro benzene ring substituents is 1. The number of thioether (sulfide) groups is 1. The van der Waals surface area contributed by atoms with Crippen LogP contribution in [-0.2, 0) is 19.9 Å². The van der Waals surface area contributed by atoms with Gasteiger partial charge >= 0.3 is 5.97 Å². The number of hydrogen-bond acceptors (Lipinski definition) is 9. The molecule has 0 aromatic heterocycles. The fraction of sp³-hybridized carbons (Fsp3) is 0.206. The third-order valence-corrected chi connectivity index (χ3v) is 8.81. The highest BCUT2D eigenvalue weighted by atomic mass is 32.2. The van der Waals surface area contributed by atoms with Gasteiger partial charge in [0, 0.05) is 28.8 Å². The number of esters is 1. The molecule has 0 aliphatic carbocycles. The van der Waals surface area contributed by atoms with Crippen molar-refractivity contribution in [3.63, 3.8) is 0 Å². The Morgan fingerprint density at radius 2 is 1.48 bits per heavy atom. The van der Waals surface area contributed by atoms with Gasteiger partial charge in [-0.15, -0.1) is 0 Å². The monoisotopic (exact) mass is 605 g/mol. The lowest BCUT2D eigenvalue weighted by atomic mass is 9.85. The summed E-state index contributed by atoms with van der Waals surface area (Å²) in [5, 5.41) is 25.3. The molecule has 4 aromatic carbocycles. The summed E-state index contributed by atoms with van der Waals surface area (Å²) in [5.41, 5.74) is 5.91. The first-order chi connectivity index (χ1) is 21.1. The van der Waals surface area contributed by atoms with Gasteiger partial charge < -0.3 is 4.74 Å². The predicted octanol–water partition coefficient (Wildman–Crippen LogP) is 7.41. The molecule has 0 bridgehead atoms. The van der Waals surface area contributed by atoms with Crippen LogP contribution in [0.5, 0.6) is 0 Å². The van der Waals surface area contributed by atoms with Gasteiger partial charge in [0.1, 0.15) is 0 Å². The summed E-state index contributed by atoms with van der Waals surface area (Å²) in [6, 6.07) is 32.2. The zero-order chi connectivity index (χ0) is 31.1. The number of non-ortho nitro benzene ring substituents is 1. The van der Waals surface area contributed by atoms with Gasteiger partial charge in [-0.05, 0) is 53.9 Å². The molecule has 0 radical (unpaired) electrons. The molecule has 0 saturated heterocycles. The molecule has 6 rings (SSSR count). The first-order valence-corrected chi connectivity index (χ1v) is 15.1. The molecule has 4 aromatic rings. The van der Waals surface area contributed by atoms with Crippen molar-refractivity contribution in [2.45, 2.75) is 38.1 Å². The number of nitrogens with zero attached hydrogens (tertiary/aromatic N) is 5. The molecule has 2 aliphatic rings. The minimum absolute atomic E-state index is 0.00245. The highest BCUT2D eigenvalue weighted by Gasteiger charge is 2.56. The molecule has 222 valence electrons. The van der Waals surface area contributed by atoms with Crippen LogP contribution in [0.1, 0.15) is 49.9 Å². The largest absolute Gasteiger partial charge is 0.461 e. The normalized spacial score (nSPS) is 17.6. The Bertz CT molecular complexity index is 1780. The molecule has 0 amide bonds. The summed E-state index contributed by atoms with van der Waals surface area (Å²) < 4.78 is 5.39. The molecule has 1 atom stereocenters. The van der Waals surface area contributed by atoms with Crippen LogP contribution < -0.4 is 10.0 Å². The number of hydrazone groups is 2. The molecular weight excluding hydrogens is 574 g/mol. The van der Waals surface area contributed by atoms with Crippen LogP contribution in [0.15, 0.2) is 113 Å². The standard InChI is InChI=1S/C34H31N5O4S/c1-5-43-32(40)31-36-38(26-19-21-27(22-20-26)39(41)42)34(44-31)29-14-10-9-13-28(29)30(35-37(34)25-11-7-6-8-12-25)23-15-17-24(18-16-23)33(2,3)4/h6-22H,5H2,1-4H3. The summed E-state index contributed by atoms with van der Waals surface area (Å²) in [6.45, 7) is 8.48. The molecule has 2 aliphatic heterocycles. The molecule has 0 N–H and O–H groups in total.